The zero-order valence-corrected chi connectivity index (χ0v) is 15.9. The number of halogens is 1. The second kappa shape index (κ2) is 9.80. The van der Waals surface area contributed by atoms with Crippen molar-refractivity contribution in [3.05, 3.63) is 107 Å². The van der Waals surface area contributed by atoms with E-state index in [1.807, 2.05) is 55.5 Å². The van der Waals surface area contributed by atoms with Crippen molar-refractivity contribution in [2.75, 3.05) is 0 Å². The minimum absolute atomic E-state index is 0.0960. The van der Waals surface area contributed by atoms with Crippen LogP contribution in [-0.4, -0.2) is 10.9 Å². The molecule has 0 aliphatic carbocycles. The van der Waals surface area contributed by atoms with Crippen LogP contribution in [0.1, 0.15) is 30.4 Å². The maximum atomic E-state index is 9.61. The third-order valence-corrected chi connectivity index (χ3v) is 4.50. The number of allylic oxidation sites excluding steroid dienone is 5. The molecule has 2 aromatic rings. The van der Waals surface area contributed by atoms with Gasteiger partial charge in [-0.25, -0.2) is 0 Å². The number of hydrogen-bond acceptors (Lipinski definition) is 2. The fourth-order valence-electron chi connectivity index (χ4n) is 2.77. The molecule has 3 heteroatoms. The minimum Gasteiger partial charge on any atom is -0.411 e. The fraction of sp³-hybridized carbons (Fsp3) is 0.136. The lowest BCUT2D eigenvalue weighted by molar-refractivity contribution is 0.317. The highest BCUT2D eigenvalue weighted by Gasteiger charge is 2.18. The summed E-state index contributed by atoms with van der Waals surface area (Å²) in [5.41, 5.74) is 3.85. The quantitative estimate of drug-likeness (QED) is 0.247. The van der Waals surface area contributed by atoms with Crippen molar-refractivity contribution in [3.63, 3.8) is 0 Å². The van der Waals surface area contributed by atoms with E-state index in [2.05, 4.69) is 51.9 Å². The smallest absolute Gasteiger partial charge is 0.0877 e. The van der Waals surface area contributed by atoms with E-state index < -0.39 is 0 Å². The Morgan fingerprint density at radius 3 is 2.32 bits per heavy atom. The molecule has 0 aliphatic heterocycles. The van der Waals surface area contributed by atoms with Crippen molar-refractivity contribution >= 4 is 21.6 Å². The van der Waals surface area contributed by atoms with E-state index >= 15 is 0 Å². The first-order chi connectivity index (χ1) is 12.2. The molecule has 128 valence electrons. The van der Waals surface area contributed by atoms with Crippen LogP contribution < -0.4 is 0 Å². The topological polar surface area (TPSA) is 32.6 Å². The van der Waals surface area contributed by atoms with Gasteiger partial charge in [0.2, 0.25) is 0 Å². The third-order valence-electron chi connectivity index (χ3n) is 3.97. The van der Waals surface area contributed by atoms with Gasteiger partial charge in [0.15, 0.2) is 0 Å². The first kappa shape index (κ1) is 18.9. The fourth-order valence-corrected chi connectivity index (χ4v) is 3.04. The number of benzene rings is 2. The minimum atomic E-state index is 0.0960. The molecule has 25 heavy (non-hydrogen) atoms. The van der Waals surface area contributed by atoms with E-state index in [-0.39, 0.29) is 5.92 Å². The zero-order chi connectivity index (χ0) is 18.1. The molecule has 1 unspecified atom stereocenters. The molecule has 0 radical (unpaired) electrons. The van der Waals surface area contributed by atoms with Gasteiger partial charge in [-0.2, -0.15) is 0 Å². The van der Waals surface area contributed by atoms with E-state index in [1.54, 1.807) is 6.08 Å². The molecular weight excluding hydrogens is 374 g/mol. The third kappa shape index (κ3) is 5.30. The Kier molecular flexibility index (Phi) is 7.42. The highest BCUT2D eigenvalue weighted by Crippen LogP contribution is 2.30. The van der Waals surface area contributed by atoms with Gasteiger partial charge in [0.1, 0.15) is 0 Å². The maximum Gasteiger partial charge on any atom is 0.0877 e. The van der Waals surface area contributed by atoms with Gasteiger partial charge < -0.3 is 5.21 Å². The molecule has 0 aromatic heterocycles. The van der Waals surface area contributed by atoms with Crippen molar-refractivity contribution in [1.29, 1.82) is 0 Å². The molecular formula is C22H22BrNO. The Hall–Kier alpha value is -2.39. The molecule has 0 heterocycles. The monoisotopic (exact) mass is 395 g/mol. The number of rotatable bonds is 7. The van der Waals surface area contributed by atoms with Crippen LogP contribution in [0, 0.1) is 0 Å². The Morgan fingerprint density at radius 1 is 1.12 bits per heavy atom. The highest BCUT2D eigenvalue weighted by molar-refractivity contribution is 9.10. The van der Waals surface area contributed by atoms with Gasteiger partial charge in [0, 0.05) is 16.8 Å². The summed E-state index contributed by atoms with van der Waals surface area (Å²) in [6.45, 7) is 5.69. The van der Waals surface area contributed by atoms with Crippen molar-refractivity contribution in [3.8, 4) is 0 Å². The number of hydrogen-bond donors (Lipinski definition) is 1. The number of oxime groups is 1. The molecule has 2 nitrogen and oxygen atoms in total. The molecule has 2 aromatic carbocycles. The first-order valence-corrected chi connectivity index (χ1v) is 8.96. The van der Waals surface area contributed by atoms with Crippen LogP contribution >= 0.6 is 15.9 Å². The predicted molar refractivity (Wildman–Crippen MR) is 109 cm³/mol. The molecule has 0 amide bonds. The maximum absolute atomic E-state index is 9.61. The standard InChI is InChI=1S/C22H22BrNO/c1-3-8-19(9-4-2)22(24-25)16-21(17-10-6-5-7-11-17)18-12-14-20(23)15-13-18/h3-15,21,25H,1,16H2,2H3/b9-4-,19-8+,24-22+. The van der Waals surface area contributed by atoms with E-state index in [0.717, 1.165) is 10.0 Å². The summed E-state index contributed by atoms with van der Waals surface area (Å²) >= 11 is 3.49. The van der Waals surface area contributed by atoms with Crippen LogP contribution in [0.2, 0.25) is 0 Å². The van der Waals surface area contributed by atoms with Crippen molar-refractivity contribution in [1.82, 2.24) is 0 Å². The lowest BCUT2D eigenvalue weighted by Crippen LogP contribution is -2.11. The SMILES string of the molecule is C=C/C=C(\C=C/C)C(/CC(c1ccccc1)c1ccc(Br)cc1)=N/O. The summed E-state index contributed by atoms with van der Waals surface area (Å²) in [4.78, 5) is 0. The summed E-state index contributed by atoms with van der Waals surface area (Å²) in [5, 5.41) is 13.2. The van der Waals surface area contributed by atoms with Gasteiger partial charge in [-0.05, 0) is 35.8 Å². The Balaban J connectivity index is 2.43. The van der Waals surface area contributed by atoms with E-state index in [0.29, 0.717) is 12.1 Å². The largest absolute Gasteiger partial charge is 0.411 e. The molecule has 2 rings (SSSR count). The van der Waals surface area contributed by atoms with E-state index in [9.17, 15) is 5.21 Å². The van der Waals surface area contributed by atoms with Crippen molar-refractivity contribution in [2.45, 2.75) is 19.3 Å². The molecule has 1 atom stereocenters. The van der Waals surface area contributed by atoms with E-state index in [1.165, 1.54) is 11.1 Å². The second-order valence-electron chi connectivity index (χ2n) is 5.62. The Bertz CT molecular complexity index is 773. The van der Waals surface area contributed by atoms with Crippen molar-refractivity contribution < 1.29 is 5.21 Å². The van der Waals surface area contributed by atoms with Gasteiger partial charge in [-0.1, -0.05) is 94.4 Å². The summed E-state index contributed by atoms with van der Waals surface area (Å²) in [5.74, 6) is 0.0960. The van der Waals surface area contributed by atoms with Gasteiger partial charge in [0.25, 0.3) is 0 Å². The summed E-state index contributed by atoms with van der Waals surface area (Å²) < 4.78 is 1.04. The molecule has 0 fully saturated rings. The average molecular weight is 396 g/mol. The van der Waals surface area contributed by atoms with Crippen LogP contribution in [0.25, 0.3) is 0 Å². The van der Waals surface area contributed by atoms with Crippen LogP contribution in [0.4, 0.5) is 0 Å². The summed E-state index contributed by atoms with van der Waals surface area (Å²) in [6.07, 6.45) is 8.01. The highest BCUT2D eigenvalue weighted by atomic mass is 79.9. The summed E-state index contributed by atoms with van der Waals surface area (Å²) in [7, 11) is 0. The molecule has 0 saturated heterocycles. The normalized spacial score (nSPS) is 13.8. The molecule has 0 saturated carbocycles. The van der Waals surface area contributed by atoms with Gasteiger partial charge >= 0.3 is 0 Å². The first-order valence-electron chi connectivity index (χ1n) is 8.16. The Morgan fingerprint density at radius 2 is 1.76 bits per heavy atom. The molecule has 0 spiro atoms. The van der Waals surface area contributed by atoms with Crippen molar-refractivity contribution in [2.24, 2.45) is 5.16 Å². The lowest BCUT2D eigenvalue weighted by Gasteiger charge is -2.19. The summed E-state index contributed by atoms with van der Waals surface area (Å²) in [6, 6.07) is 18.6. The van der Waals surface area contributed by atoms with Gasteiger partial charge in [-0.3, -0.25) is 0 Å². The average Bonchev–Trinajstić information content (AvgIpc) is 2.64. The van der Waals surface area contributed by atoms with Crippen LogP contribution in [0.15, 0.2) is 101 Å². The molecule has 0 bridgehead atoms. The lowest BCUT2D eigenvalue weighted by atomic mass is 9.85. The molecule has 0 aliphatic rings. The van der Waals surface area contributed by atoms with Gasteiger partial charge in [0.05, 0.1) is 5.71 Å². The number of nitrogens with zero attached hydrogens (tertiary/aromatic N) is 1. The Labute approximate surface area is 158 Å². The van der Waals surface area contributed by atoms with E-state index in [4.69, 9.17) is 0 Å². The predicted octanol–water partition coefficient (Wildman–Crippen LogP) is 6.49. The second-order valence-corrected chi connectivity index (χ2v) is 6.54. The van der Waals surface area contributed by atoms with Crippen LogP contribution in [-0.2, 0) is 0 Å². The van der Waals surface area contributed by atoms with Crippen LogP contribution in [0.5, 0.6) is 0 Å². The van der Waals surface area contributed by atoms with Gasteiger partial charge in [-0.15, -0.1) is 0 Å². The van der Waals surface area contributed by atoms with Crippen LogP contribution in [0.3, 0.4) is 0 Å². The zero-order valence-electron chi connectivity index (χ0n) is 14.3. The molecule has 1 N–H and O–H groups in total.